The Morgan fingerprint density at radius 2 is 2.25 bits per heavy atom. The number of rotatable bonds is 2. The maximum absolute atomic E-state index is 13.0. The molecule has 0 atom stereocenters. The van der Waals surface area contributed by atoms with Crippen LogP contribution in [0.25, 0.3) is 0 Å². The second kappa shape index (κ2) is 3.78. The maximum Gasteiger partial charge on any atom is 0.338 e. The molecular formula is C7H4ClFO2S. The van der Waals surface area contributed by atoms with E-state index in [0.29, 0.717) is 11.0 Å². The average molecular weight is 207 g/mol. The molecule has 1 aromatic rings. The molecular weight excluding hydrogens is 203 g/mol. The van der Waals surface area contributed by atoms with Gasteiger partial charge in [0.1, 0.15) is 0 Å². The van der Waals surface area contributed by atoms with Crippen LogP contribution in [-0.4, -0.2) is 11.1 Å². The van der Waals surface area contributed by atoms with Gasteiger partial charge in [-0.05, 0) is 33.8 Å². The van der Waals surface area contributed by atoms with E-state index in [0.717, 1.165) is 0 Å². The van der Waals surface area contributed by atoms with Crippen molar-refractivity contribution in [2.45, 2.75) is 4.90 Å². The molecule has 0 aliphatic rings. The van der Waals surface area contributed by atoms with Crippen LogP contribution in [0.5, 0.6) is 0 Å². The average Bonchev–Trinajstić information content (AvgIpc) is 2.04. The molecule has 1 aromatic carbocycles. The molecule has 1 rings (SSSR count). The highest BCUT2D eigenvalue weighted by atomic mass is 35.7. The van der Waals surface area contributed by atoms with E-state index in [9.17, 15) is 9.18 Å². The van der Waals surface area contributed by atoms with Gasteiger partial charge in [-0.15, -0.1) is 0 Å². The Morgan fingerprint density at radius 1 is 1.58 bits per heavy atom. The molecule has 0 unspecified atom stereocenters. The summed E-state index contributed by atoms with van der Waals surface area (Å²) in [6.07, 6.45) is 0. The minimum Gasteiger partial charge on any atom is -0.478 e. The van der Waals surface area contributed by atoms with E-state index in [1.165, 1.54) is 18.2 Å². The van der Waals surface area contributed by atoms with Crippen molar-refractivity contribution in [3.05, 3.63) is 29.6 Å². The van der Waals surface area contributed by atoms with Gasteiger partial charge in [0.25, 0.3) is 0 Å². The van der Waals surface area contributed by atoms with Crippen LogP contribution in [0, 0.1) is 5.82 Å². The van der Waals surface area contributed by atoms with Crippen molar-refractivity contribution in [3.63, 3.8) is 0 Å². The molecule has 0 heterocycles. The molecule has 0 amide bonds. The fourth-order valence-electron chi connectivity index (χ4n) is 0.736. The van der Waals surface area contributed by atoms with Crippen LogP contribution >= 0.6 is 21.7 Å². The lowest BCUT2D eigenvalue weighted by Crippen LogP contribution is -2.00. The molecule has 0 saturated heterocycles. The zero-order valence-corrected chi connectivity index (χ0v) is 7.32. The summed E-state index contributed by atoms with van der Waals surface area (Å²) >= 11 is 0. The van der Waals surface area contributed by atoms with Crippen molar-refractivity contribution in [2.75, 3.05) is 0 Å². The van der Waals surface area contributed by atoms with E-state index >= 15 is 0 Å². The third-order valence-electron chi connectivity index (χ3n) is 1.28. The summed E-state index contributed by atoms with van der Waals surface area (Å²) in [6, 6.07) is 4.05. The topological polar surface area (TPSA) is 37.3 Å². The summed E-state index contributed by atoms with van der Waals surface area (Å²) in [4.78, 5) is 10.5. The molecule has 64 valence electrons. The lowest BCUT2D eigenvalue weighted by Gasteiger charge is -1.99. The van der Waals surface area contributed by atoms with Crippen LogP contribution in [0.4, 0.5) is 4.39 Å². The van der Waals surface area contributed by atoms with Gasteiger partial charge in [0.05, 0.1) is 10.5 Å². The first-order chi connectivity index (χ1) is 5.66. The molecule has 1 N–H and O–H groups in total. The molecule has 0 bridgehead atoms. The molecule has 2 nitrogen and oxygen atoms in total. The van der Waals surface area contributed by atoms with Gasteiger partial charge in [-0.3, -0.25) is 0 Å². The zero-order chi connectivity index (χ0) is 9.14. The fraction of sp³-hybridized carbons (Fsp3) is 0. The molecule has 12 heavy (non-hydrogen) atoms. The first-order valence-electron chi connectivity index (χ1n) is 2.97. The maximum atomic E-state index is 13.0. The van der Waals surface area contributed by atoms with E-state index < -0.39 is 11.8 Å². The van der Waals surface area contributed by atoms with Gasteiger partial charge in [-0.1, -0.05) is 6.07 Å². The van der Waals surface area contributed by atoms with Crippen molar-refractivity contribution in [1.29, 1.82) is 0 Å². The number of benzene rings is 1. The highest BCUT2D eigenvalue weighted by Crippen LogP contribution is 2.26. The predicted molar refractivity (Wildman–Crippen MR) is 45.1 cm³/mol. The minimum atomic E-state index is -1.29. The Labute approximate surface area is 76.8 Å². The number of hydrogen-bond acceptors (Lipinski definition) is 2. The first-order valence-corrected chi connectivity index (χ1v) is 4.61. The van der Waals surface area contributed by atoms with Gasteiger partial charge in [-0.2, -0.15) is 0 Å². The number of aromatic carboxylic acids is 1. The molecule has 0 aromatic heterocycles. The number of carbonyl (C=O) groups is 1. The van der Waals surface area contributed by atoms with Crippen molar-refractivity contribution in [1.82, 2.24) is 0 Å². The van der Waals surface area contributed by atoms with Crippen LogP contribution < -0.4 is 0 Å². The molecule has 5 heteroatoms. The van der Waals surface area contributed by atoms with Crippen LogP contribution in [0.1, 0.15) is 10.4 Å². The SMILES string of the molecule is O=C(O)c1cccc(SCl)c1F. The summed E-state index contributed by atoms with van der Waals surface area (Å²) in [5.41, 5.74) is -0.361. The van der Waals surface area contributed by atoms with E-state index in [4.69, 9.17) is 15.8 Å². The number of carboxylic acid groups (broad SMARTS) is 1. The van der Waals surface area contributed by atoms with Gasteiger partial charge < -0.3 is 5.11 Å². The van der Waals surface area contributed by atoms with E-state index in [1.54, 1.807) is 0 Å². The highest BCUT2D eigenvalue weighted by molar-refractivity contribution is 8.21. The largest absolute Gasteiger partial charge is 0.478 e. The lowest BCUT2D eigenvalue weighted by atomic mass is 10.2. The summed E-state index contributed by atoms with van der Waals surface area (Å²) in [6.45, 7) is 0. The van der Waals surface area contributed by atoms with Crippen LogP contribution in [-0.2, 0) is 0 Å². The molecule has 0 spiro atoms. The van der Waals surface area contributed by atoms with Crippen molar-refractivity contribution in [3.8, 4) is 0 Å². The van der Waals surface area contributed by atoms with Gasteiger partial charge in [0.15, 0.2) is 5.82 Å². The van der Waals surface area contributed by atoms with Gasteiger partial charge in [0.2, 0.25) is 0 Å². The summed E-state index contributed by atoms with van der Waals surface area (Å²) < 4.78 is 13.0. The van der Waals surface area contributed by atoms with Crippen LogP contribution in [0.15, 0.2) is 23.1 Å². The third-order valence-corrected chi connectivity index (χ3v) is 2.26. The molecule has 0 aliphatic heterocycles. The van der Waals surface area contributed by atoms with Gasteiger partial charge in [-0.25, -0.2) is 9.18 Å². The second-order valence-electron chi connectivity index (χ2n) is 2.00. The monoisotopic (exact) mass is 206 g/mol. The molecule has 0 saturated carbocycles. The molecule has 0 aliphatic carbocycles. The van der Waals surface area contributed by atoms with E-state index in [2.05, 4.69) is 0 Å². The predicted octanol–water partition coefficient (Wildman–Crippen LogP) is 2.77. The fourth-order valence-corrected chi connectivity index (χ4v) is 1.40. The Balaban J connectivity index is 3.23. The standard InChI is InChI=1S/C7H4ClFO2S/c8-12-5-3-1-2-4(6(5)9)7(10)11/h1-3H,(H,10,11). The van der Waals surface area contributed by atoms with Crippen LogP contribution in [0.2, 0.25) is 0 Å². The summed E-state index contributed by atoms with van der Waals surface area (Å²) in [5, 5.41) is 8.49. The highest BCUT2D eigenvalue weighted by Gasteiger charge is 2.12. The Bertz CT molecular complexity index is 316. The van der Waals surface area contributed by atoms with Crippen LogP contribution in [0.3, 0.4) is 0 Å². The summed E-state index contributed by atoms with van der Waals surface area (Å²) in [7, 11) is 5.95. The van der Waals surface area contributed by atoms with Crippen molar-refractivity contribution in [2.24, 2.45) is 0 Å². The Morgan fingerprint density at radius 3 is 2.75 bits per heavy atom. The summed E-state index contributed by atoms with van der Waals surface area (Å²) in [5.74, 6) is -2.08. The lowest BCUT2D eigenvalue weighted by molar-refractivity contribution is 0.0691. The van der Waals surface area contributed by atoms with E-state index in [-0.39, 0.29) is 10.5 Å². The molecule has 0 fully saturated rings. The Hall–Kier alpha value is -0.740. The number of hydrogen-bond donors (Lipinski definition) is 1. The van der Waals surface area contributed by atoms with Gasteiger partial charge >= 0.3 is 5.97 Å². The minimum absolute atomic E-state index is 0.122. The smallest absolute Gasteiger partial charge is 0.338 e. The van der Waals surface area contributed by atoms with Crippen molar-refractivity contribution >= 4 is 27.6 Å². The second-order valence-corrected chi connectivity index (χ2v) is 3.06. The molecule has 0 radical (unpaired) electrons. The number of halogens is 2. The van der Waals surface area contributed by atoms with E-state index in [1.807, 2.05) is 0 Å². The first kappa shape index (κ1) is 9.35. The number of carboxylic acids is 1. The quantitative estimate of drug-likeness (QED) is 0.809. The van der Waals surface area contributed by atoms with Gasteiger partial charge in [0, 0.05) is 0 Å². The van der Waals surface area contributed by atoms with Crippen molar-refractivity contribution < 1.29 is 14.3 Å². The normalized spacial score (nSPS) is 9.83. The Kier molecular flexibility index (Phi) is 2.94. The third kappa shape index (κ3) is 1.70. The zero-order valence-electron chi connectivity index (χ0n) is 5.75.